The summed E-state index contributed by atoms with van der Waals surface area (Å²) in [5.74, 6) is 0.00452. The van der Waals surface area contributed by atoms with Gasteiger partial charge in [0.25, 0.3) is 15.9 Å². The van der Waals surface area contributed by atoms with Crippen LogP contribution in [0.15, 0.2) is 83.8 Å². The molecule has 1 saturated heterocycles. The molecule has 1 fully saturated rings. The van der Waals surface area contributed by atoms with Crippen molar-refractivity contribution in [1.29, 1.82) is 0 Å². The van der Waals surface area contributed by atoms with Gasteiger partial charge in [-0.3, -0.25) is 9.10 Å². The van der Waals surface area contributed by atoms with Crippen molar-refractivity contribution in [2.75, 3.05) is 41.9 Å². The Morgan fingerprint density at radius 2 is 1.41 bits per heavy atom. The Bertz CT molecular complexity index is 1220. The molecular weight excluding hydrogens is 422 g/mol. The maximum absolute atomic E-state index is 13.1. The second kappa shape index (κ2) is 8.31. The third kappa shape index (κ3) is 3.73. The molecule has 0 aromatic heterocycles. The molecular formula is C25H25N3O3S. The number of rotatable bonds is 4. The van der Waals surface area contributed by atoms with Crippen LogP contribution in [0.25, 0.3) is 0 Å². The summed E-state index contributed by atoms with van der Waals surface area (Å²) in [4.78, 5) is 17.6. The van der Waals surface area contributed by atoms with Crippen LogP contribution in [0.2, 0.25) is 0 Å². The molecule has 3 aromatic carbocycles. The highest BCUT2D eigenvalue weighted by Gasteiger charge is 2.32. The minimum absolute atomic E-state index is 0.00452. The first-order chi connectivity index (χ1) is 15.5. The van der Waals surface area contributed by atoms with Gasteiger partial charge in [0, 0.05) is 44.0 Å². The van der Waals surface area contributed by atoms with Crippen molar-refractivity contribution in [2.24, 2.45) is 0 Å². The van der Waals surface area contributed by atoms with Gasteiger partial charge in [0.2, 0.25) is 0 Å². The van der Waals surface area contributed by atoms with Crippen LogP contribution in [0.4, 0.5) is 11.4 Å². The molecule has 2 heterocycles. The summed E-state index contributed by atoms with van der Waals surface area (Å²) in [6.45, 7) is 3.31. The van der Waals surface area contributed by atoms with E-state index in [4.69, 9.17) is 0 Å². The first kappa shape index (κ1) is 20.6. The molecule has 0 N–H and O–H groups in total. The summed E-state index contributed by atoms with van der Waals surface area (Å²) in [7, 11) is -3.61. The molecule has 1 amide bonds. The first-order valence-electron chi connectivity index (χ1n) is 10.8. The second-order valence-corrected chi connectivity index (χ2v) is 9.96. The molecule has 2 aliphatic heterocycles. The Morgan fingerprint density at radius 1 is 0.750 bits per heavy atom. The topological polar surface area (TPSA) is 60.9 Å². The van der Waals surface area contributed by atoms with Crippen molar-refractivity contribution in [3.63, 3.8) is 0 Å². The molecule has 0 aliphatic carbocycles. The van der Waals surface area contributed by atoms with Gasteiger partial charge in [-0.05, 0) is 54.4 Å². The fraction of sp³-hybridized carbons (Fsp3) is 0.240. The highest BCUT2D eigenvalue weighted by Crippen LogP contribution is 2.34. The van der Waals surface area contributed by atoms with Crippen LogP contribution in [-0.2, 0) is 16.4 Å². The number of piperazine rings is 1. The Balaban J connectivity index is 1.30. The van der Waals surface area contributed by atoms with Crippen LogP contribution in [0, 0.1) is 0 Å². The molecule has 0 bridgehead atoms. The fourth-order valence-corrected chi connectivity index (χ4v) is 5.99. The van der Waals surface area contributed by atoms with Gasteiger partial charge in [-0.15, -0.1) is 0 Å². The smallest absolute Gasteiger partial charge is 0.264 e. The number of hydrogen-bond donors (Lipinski definition) is 0. The molecule has 5 rings (SSSR count). The van der Waals surface area contributed by atoms with E-state index >= 15 is 0 Å². The third-order valence-corrected chi connectivity index (χ3v) is 8.03. The Hall–Kier alpha value is -3.32. The minimum atomic E-state index is -3.61. The maximum atomic E-state index is 13.1. The van der Waals surface area contributed by atoms with Crippen LogP contribution in [0.3, 0.4) is 0 Å². The summed E-state index contributed by atoms with van der Waals surface area (Å²) in [6, 6.07) is 24.1. The van der Waals surface area contributed by atoms with Crippen molar-refractivity contribution < 1.29 is 13.2 Å². The molecule has 0 saturated carbocycles. The van der Waals surface area contributed by atoms with Gasteiger partial charge in [0.15, 0.2) is 0 Å². The van der Waals surface area contributed by atoms with Crippen LogP contribution >= 0.6 is 0 Å². The van der Waals surface area contributed by atoms with E-state index in [0.29, 0.717) is 37.3 Å². The van der Waals surface area contributed by atoms with Crippen molar-refractivity contribution in [3.8, 4) is 0 Å². The van der Waals surface area contributed by atoms with Gasteiger partial charge in [-0.1, -0.05) is 36.4 Å². The van der Waals surface area contributed by atoms with E-state index in [1.807, 2.05) is 29.2 Å². The molecule has 0 atom stereocenters. The van der Waals surface area contributed by atoms with E-state index in [9.17, 15) is 13.2 Å². The van der Waals surface area contributed by atoms with Gasteiger partial charge in [0.1, 0.15) is 0 Å². The number of amides is 1. The molecule has 3 aromatic rings. The monoisotopic (exact) mass is 447 g/mol. The Labute approximate surface area is 188 Å². The number of fused-ring (bicyclic) bond motifs is 1. The number of carbonyl (C=O) groups excluding carboxylic acids is 1. The van der Waals surface area contributed by atoms with E-state index < -0.39 is 10.0 Å². The number of nitrogens with zero attached hydrogens (tertiary/aromatic N) is 3. The van der Waals surface area contributed by atoms with Gasteiger partial charge in [-0.25, -0.2) is 8.42 Å². The zero-order valence-corrected chi connectivity index (χ0v) is 18.5. The van der Waals surface area contributed by atoms with E-state index in [1.165, 1.54) is 9.99 Å². The summed E-state index contributed by atoms with van der Waals surface area (Å²) < 4.78 is 27.6. The van der Waals surface area contributed by atoms with Crippen molar-refractivity contribution >= 4 is 27.3 Å². The second-order valence-electron chi connectivity index (χ2n) is 8.10. The SMILES string of the molecule is O=C(c1ccc2c(c1)CCN2S(=O)(=O)c1ccccc1)N1CCN(c2ccccc2)CC1. The minimum Gasteiger partial charge on any atom is -0.368 e. The average molecular weight is 448 g/mol. The molecule has 7 heteroatoms. The predicted molar refractivity (Wildman–Crippen MR) is 126 cm³/mol. The summed E-state index contributed by atoms with van der Waals surface area (Å²) in [5, 5.41) is 0. The number of sulfonamides is 1. The quantitative estimate of drug-likeness (QED) is 0.615. The van der Waals surface area contributed by atoms with Gasteiger partial charge in [-0.2, -0.15) is 0 Å². The fourth-order valence-electron chi connectivity index (χ4n) is 4.46. The zero-order chi connectivity index (χ0) is 22.1. The summed E-state index contributed by atoms with van der Waals surface area (Å²) >= 11 is 0. The Morgan fingerprint density at radius 3 is 2.09 bits per heavy atom. The summed E-state index contributed by atoms with van der Waals surface area (Å²) in [6.07, 6.45) is 0.601. The van der Waals surface area contributed by atoms with E-state index in [1.54, 1.807) is 42.5 Å². The zero-order valence-electron chi connectivity index (χ0n) is 17.7. The van der Waals surface area contributed by atoms with Gasteiger partial charge < -0.3 is 9.80 Å². The highest BCUT2D eigenvalue weighted by atomic mass is 32.2. The first-order valence-corrected chi connectivity index (χ1v) is 12.3. The largest absolute Gasteiger partial charge is 0.368 e. The molecule has 0 unspecified atom stereocenters. The number of hydrogen-bond acceptors (Lipinski definition) is 4. The van der Waals surface area contributed by atoms with Crippen LogP contribution < -0.4 is 9.21 Å². The van der Waals surface area contributed by atoms with Crippen molar-refractivity contribution in [3.05, 3.63) is 90.0 Å². The number of anilines is 2. The van der Waals surface area contributed by atoms with Gasteiger partial charge >= 0.3 is 0 Å². The van der Waals surface area contributed by atoms with Crippen LogP contribution in [0.1, 0.15) is 15.9 Å². The average Bonchev–Trinajstić information content (AvgIpc) is 3.29. The van der Waals surface area contributed by atoms with E-state index in [-0.39, 0.29) is 10.8 Å². The number of para-hydroxylation sites is 1. The lowest BCUT2D eigenvalue weighted by atomic mass is 10.1. The lowest BCUT2D eigenvalue weighted by molar-refractivity contribution is 0.0746. The molecule has 6 nitrogen and oxygen atoms in total. The third-order valence-electron chi connectivity index (χ3n) is 6.20. The lowest BCUT2D eigenvalue weighted by Gasteiger charge is -2.36. The molecule has 0 radical (unpaired) electrons. The normalized spacial score (nSPS) is 16.2. The van der Waals surface area contributed by atoms with E-state index in [2.05, 4.69) is 17.0 Å². The lowest BCUT2D eigenvalue weighted by Crippen LogP contribution is -2.48. The Kier molecular flexibility index (Phi) is 5.35. The van der Waals surface area contributed by atoms with Crippen LogP contribution in [0.5, 0.6) is 0 Å². The predicted octanol–water partition coefficient (Wildman–Crippen LogP) is 3.40. The number of benzene rings is 3. The van der Waals surface area contributed by atoms with Gasteiger partial charge in [0.05, 0.1) is 10.6 Å². The number of carbonyl (C=O) groups is 1. The maximum Gasteiger partial charge on any atom is 0.264 e. The molecule has 0 spiro atoms. The van der Waals surface area contributed by atoms with Crippen molar-refractivity contribution in [1.82, 2.24) is 4.90 Å². The van der Waals surface area contributed by atoms with Crippen LogP contribution in [-0.4, -0.2) is 51.9 Å². The van der Waals surface area contributed by atoms with E-state index in [0.717, 1.165) is 18.7 Å². The molecule has 164 valence electrons. The van der Waals surface area contributed by atoms with Crippen molar-refractivity contribution in [2.45, 2.75) is 11.3 Å². The summed E-state index contributed by atoms with van der Waals surface area (Å²) in [5.41, 5.74) is 3.37. The molecule has 32 heavy (non-hydrogen) atoms. The highest BCUT2D eigenvalue weighted by molar-refractivity contribution is 7.92. The standard InChI is InChI=1S/C25H25N3O3S/c29-25(27-17-15-26(16-18-27)22-7-3-1-4-8-22)21-11-12-24-20(19-21)13-14-28(24)32(30,31)23-9-5-2-6-10-23/h1-12,19H,13-18H2. The molecule has 2 aliphatic rings.